The van der Waals surface area contributed by atoms with Gasteiger partial charge < -0.3 is 239 Å². The molecule has 0 aromatic rings. The molecule has 1 amide bonds. The van der Waals surface area contributed by atoms with Crippen molar-refractivity contribution in [2.75, 3.05) is 66.6 Å². The van der Waals surface area contributed by atoms with E-state index in [0.717, 1.165) is 7.11 Å². The second-order valence-electron chi connectivity index (χ2n) is 26.5. The third kappa shape index (κ3) is 18.4. The van der Waals surface area contributed by atoms with Gasteiger partial charge in [0.1, 0.15) is 171 Å². The van der Waals surface area contributed by atoms with E-state index in [1.54, 1.807) is 0 Å². The minimum absolute atomic E-state index is 0. The second-order valence-corrected chi connectivity index (χ2v) is 26.5. The van der Waals surface area contributed by atoms with Crippen LogP contribution < -0.4 is 51.2 Å². The first-order chi connectivity index (χ1) is 49.4. The van der Waals surface area contributed by atoms with Crippen LogP contribution in [0.15, 0.2) is 0 Å². The number of methoxy groups -OCH3 is 1. The molecule has 0 unspecified atom stereocenters. The minimum Gasteiger partial charge on any atom is -0.453 e. The summed E-state index contributed by atoms with van der Waals surface area (Å²) in [4.78, 5) is 12.8. The maximum atomic E-state index is 12.8. The van der Waals surface area contributed by atoms with E-state index >= 15 is 0 Å². The van der Waals surface area contributed by atoms with Crippen LogP contribution in [-0.4, -0.2) is 451 Å². The number of hydrogen-bond acceptors (Lipinski definition) is 47. The van der Waals surface area contributed by atoms with Crippen molar-refractivity contribution < 1.29 is 192 Å². The molecule has 0 spiro atoms. The SMILES string of the molecule is COC(=O)N[C@H]1[C@H](O[C@H]2[C@H](O)[C@@H](N)[C@H](O[C@H]3[C@H](O)[C@@H](N)[C@H](O)O[C@@H]3CO)O[C@@H]2CO)O[C@H](CO)[C@@H](O[C@@H]2O[C@H](CO)[C@@H](O[C@@H]3O[C@H](CO)[C@@H](O[C@@H]4O[C@H](CO)[C@@H](O[C@@H]5O[C@H](CO)[C@@H](O[C@@H]6O[C@H](CO)[C@@H](O[C@@H]7O[C@H](CO)[C@@H](O)[C@H](O)[C@H]7N)[C@H](O)[C@H]6N)[C@H](O)[C@H]5N)[C@H](O)[C@H]4N)[C@H](O)[C@H]3N)[C@H](O)[C@H]2N)[C@@H]1O.[CH3]. The fourth-order valence-electron chi connectivity index (χ4n) is 13.7. The van der Waals surface area contributed by atoms with Crippen molar-refractivity contribution >= 4 is 6.09 Å². The van der Waals surface area contributed by atoms with Crippen molar-refractivity contribution in [3.05, 3.63) is 7.43 Å². The summed E-state index contributed by atoms with van der Waals surface area (Å²) < 4.78 is 104. The monoisotopic (exact) mass is 1540 g/mol. The summed E-state index contributed by atoms with van der Waals surface area (Å²) in [6.45, 7) is -8.24. The molecule has 105 heavy (non-hydrogen) atoms. The van der Waals surface area contributed by atoms with E-state index in [9.17, 15) is 107 Å². The van der Waals surface area contributed by atoms with E-state index < -0.39 is 341 Å². The Hall–Kier alpha value is -2.53. The molecule has 9 saturated heterocycles. The lowest BCUT2D eigenvalue weighted by atomic mass is 9.93. The zero-order valence-corrected chi connectivity index (χ0v) is 56.7. The van der Waals surface area contributed by atoms with Crippen LogP contribution in [0.5, 0.6) is 0 Å². The number of aliphatic hydroxyl groups excluding tert-OH is 20. The fraction of sp³-hybridized carbons (Fsp3) is 0.965. The summed E-state index contributed by atoms with van der Waals surface area (Å²) in [5.74, 6) is 0. The quantitative estimate of drug-likeness (QED) is 0.0382. The zero-order valence-electron chi connectivity index (χ0n) is 56.7. The van der Waals surface area contributed by atoms with Crippen molar-refractivity contribution in [2.45, 2.75) is 276 Å². The number of rotatable bonds is 26. The van der Waals surface area contributed by atoms with Gasteiger partial charge in [-0.25, -0.2) is 4.79 Å². The topological polar surface area (TPSA) is 808 Å². The fourth-order valence-corrected chi connectivity index (χ4v) is 13.7. The second kappa shape index (κ2) is 38.3. The van der Waals surface area contributed by atoms with E-state index in [0.29, 0.717) is 0 Å². The number of hydrogen-bond donors (Lipinski definition) is 29. The molecule has 613 valence electrons. The van der Waals surface area contributed by atoms with E-state index in [1.807, 2.05) is 0 Å². The molecule has 45 atom stereocenters. The van der Waals surface area contributed by atoms with Gasteiger partial charge in [-0.15, -0.1) is 0 Å². The van der Waals surface area contributed by atoms with Crippen LogP contribution in [0.1, 0.15) is 0 Å². The lowest BCUT2D eigenvalue weighted by molar-refractivity contribution is -0.372. The lowest BCUT2D eigenvalue weighted by Gasteiger charge is -2.51. The van der Waals surface area contributed by atoms with Gasteiger partial charge >= 0.3 is 6.09 Å². The van der Waals surface area contributed by atoms with Gasteiger partial charge in [-0.2, -0.15) is 0 Å². The average Bonchev–Trinajstić information content (AvgIpc) is 0.781. The molecular formula is C57H106N9O39. The van der Waals surface area contributed by atoms with Gasteiger partial charge in [0, 0.05) is 0 Å². The number of aliphatic hydroxyl groups is 20. The minimum atomic E-state index is -2.04. The summed E-state index contributed by atoms with van der Waals surface area (Å²) in [7, 11) is 0.957. The van der Waals surface area contributed by atoms with Gasteiger partial charge in [0.2, 0.25) is 0 Å². The maximum Gasteiger partial charge on any atom is 0.407 e. The molecule has 0 aromatic carbocycles. The molecule has 9 heterocycles. The molecule has 0 saturated carbocycles. The van der Waals surface area contributed by atoms with Gasteiger partial charge in [-0.3, -0.25) is 0 Å². The third-order valence-electron chi connectivity index (χ3n) is 19.9. The summed E-state index contributed by atoms with van der Waals surface area (Å²) in [5, 5.41) is 219. The zero-order chi connectivity index (χ0) is 76.4. The Kier molecular flexibility index (Phi) is 32.1. The molecule has 0 aliphatic carbocycles. The molecule has 1 radical (unpaired) electrons. The normalized spacial score (nSPS) is 51.5. The molecule has 48 heteroatoms. The highest BCUT2D eigenvalue weighted by atomic mass is 16.8. The Morgan fingerprint density at radius 2 is 0.467 bits per heavy atom. The van der Waals surface area contributed by atoms with Crippen molar-refractivity contribution in [2.24, 2.45) is 45.9 Å². The largest absolute Gasteiger partial charge is 0.453 e. The molecular weight excluding hydrogens is 1430 g/mol. The van der Waals surface area contributed by atoms with Gasteiger partial charge in [-0.1, -0.05) is 7.43 Å². The van der Waals surface area contributed by atoms with Crippen molar-refractivity contribution in [3.63, 3.8) is 0 Å². The number of alkyl carbamates (subject to hydrolysis) is 1. The van der Waals surface area contributed by atoms with Crippen molar-refractivity contribution in [1.82, 2.24) is 5.32 Å². The first-order valence-electron chi connectivity index (χ1n) is 33.4. The smallest absolute Gasteiger partial charge is 0.407 e. The maximum absolute atomic E-state index is 12.8. The van der Waals surface area contributed by atoms with Crippen LogP contribution in [0.2, 0.25) is 0 Å². The summed E-state index contributed by atoms with van der Waals surface area (Å²) in [6.07, 6.45) is -62.6. The van der Waals surface area contributed by atoms with Crippen LogP contribution in [-0.2, 0) is 85.3 Å². The van der Waals surface area contributed by atoms with Gasteiger partial charge in [-0.05, 0) is 0 Å². The van der Waals surface area contributed by atoms with E-state index in [2.05, 4.69) is 5.32 Å². The van der Waals surface area contributed by atoms with Crippen molar-refractivity contribution in [3.8, 4) is 0 Å². The number of ether oxygens (including phenoxy) is 18. The van der Waals surface area contributed by atoms with Crippen LogP contribution in [0.4, 0.5) is 4.79 Å². The van der Waals surface area contributed by atoms with E-state index in [4.69, 9.17) is 131 Å². The Morgan fingerprint density at radius 3 is 0.705 bits per heavy atom. The standard InChI is InChI=1S/C56H103N9O39.CH3/c1-87-56(86)65-28-38(84)46(19(10-74)96-55(28)104-45-18(9-73)95-49(27(64)37(45)83)97-39-12(3-67)88-47(85)20(57)31(39)77)103-54-26(63)36(82)44(17(8-72)94-54)102-53-25(62)35(81)43(16(7-71)93-53)101-52-24(61)34(80)42(15(6-70)92-52)100-51-23(60)33(79)41(14(5-69)91-51)99-50-22(59)32(78)40(13(4-68)90-50)98-48-21(58)30(76)29(75)11(2-66)89-48;/h11-55,66-85H,2-10,57-64H2,1H3,(H,65,86);1H3/t11-,12-,13-,14-,15-,16-,17-,18-,19-,20-,21-,22-,23-,24-,25-,26-,27-,28-,29-,30-,31-,32-,33-,34-,35-,36-,37-,38-,39-,40-,41-,42-,43-,44-,45-,46-,47-,48+,49+,50+,51+,52+,53+,54+,55+;/m1./s1. The van der Waals surface area contributed by atoms with Crippen LogP contribution in [0.3, 0.4) is 0 Å². The molecule has 0 aromatic heterocycles. The van der Waals surface area contributed by atoms with E-state index in [-0.39, 0.29) is 7.43 Å². The third-order valence-corrected chi connectivity index (χ3v) is 19.9. The Morgan fingerprint density at radius 1 is 0.276 bits per heavy atom. The Bertz CT molecular complexity index is 2620. The van der Waals surface area contributed by atoms with Gasteiger partial charge in [0.15, 0.2) is 56.6 Å². The lowest BCUT2D eigenvalue weighted by Crippen LogP contribution is -2.71. The first kappa shape index (κ1) is 88.0. The summed E-state index contributed by atoms with van der Waals surface area (Å²) in [5.41, 5.74) is 50.2. The van der Waals surface area contributed by atoms with Gasteiger partial charge in [0.05, 0.1) is 115 Å². The average molecular weight is 1540 g/mol. The predicted octanol–water partition coefficient (Wildman–Crippen LogP) is -20.1. The van der Waals surface area contributed by atoms with Gasteiger partial charge in [0.25, 0.3) is 0 Å². The van der Waals surface area contributed by atoms with E-state index in [1.165, 1.54) is 0 Å². The highest BCUT2D eigenvalue weighted by molar-refractivity contribution is 5.67. The number of nitrogens with one attached hydrogen (secondary N) is 1. The van der Waals surface area contributed by atoms with Crippen LogP contribution in [0, 0.1) is 7.43 Å². The summed E-state index contributed by atoms with van der Waals surface area (Å²) >= 11 is 0. The molecule has 9 aliphatic rings. The first-order valence-corrected chi connectivity index (χ1v) is 33.4. The number of carbonyl (C=O) groups is 1. The predicted molar refractivity (Wildman–Crippen MR) is 333 cm³/mol. The molecule has 0 bridgehead atoms. The summed E-state index contributed by atoms with van der Waals surface area (Å²) in [6, 6.07) is -14.6. The number of amides is 1. The molecule has 37 N–H and O–H groups in total. The molecule has 9 fully saturated rings. The Labute approximate surface area is 597 Å². The number of carbonyl (C=O) groups excluding carboxylic acids is 1. The van der Waals surface area contributed by atoms with Crippen molar-refractivity contribution in [1.29, 1.82) is 0 Å². The highest BCUT2D eigenvalue weighted by Crippen LogP contribution is 2.39. The molecule has 9 aliphatic heterocycles. The van der Waals surface area contributed by atoms with Crippen LogP contribution in [0.25, 0.3) is 0 Å². The highest BCUT2D eigenvalue weighted by Gasteiger charge is 2.60. The Balaban J connectivity index is 0.0000139. The molecule has 9 rings (SSSR count). The molecule has 48 nitrogen and oxygen atoms in total. The van der Waals surface area contributed by atoms with Crippen LogP contribution >= 0.6 is 0 Å². The number of nitrogens with two attached hydrogens (primary N) is 8.